The average Bonchev–Trinajstić information content (AvgIpc) is 2.95. The molecule has 0 radical (unpaired) electrons. The molecule has 1 atom stereocenters. The summed E-state index contributed by atoms with van der Waals surface area (Å²) < 4.78 is 28.2. The van der Waals surface area contributed by atoms with Crippen LogP contribution in [0.4, 0.5) is 0 Å². The summed E-state index contributed by atoms with van der Waals surface area (Å²) in [6, 6.07) is 15.1. The molecule has 0 bridgehead atoms. The van der Waals surface area contributed by atoms with Crippen LogP contribution in [0.3, 0.4) is 0 Å². The standard InChI is InChI=1S/C18H16BrN3O3S/c19-15-7-4-8-17(14(15)11-20)26(24,25)21-16-9-10-22(18(16)23)12-13-5-2-1-3-6-13/h1-8,16,21H,9-10,12H2. The van der Waals surface area contributed by atoms with Gasteiger partial charge in [-0.2, -0.15) is 9.98 Å². The van der Waals surface area contributed by atoms with E-state index in [-0.39, 0.29) is 16.4 Å². The van der Waals surface area contributed by atoms with E-state index in [1.807, 2.05) is 36.4 Å². The summed E-state index contributed by atoms with van der Waals surface area (Å²) in [5, 5.41) is 9.23. The summed E-state index contributed by atoms with van der Waals surface area (Å²) in [4.78, 5) is 14.1. The first kappa shape index (κ1) is 18.6. The number of sulfonamides is 1. The highest BCUT2D eigenvalue weighted by atomic mass is 79.9. The molecule has 1 fully saturated rings. The quantitative estimate of drug-likeness (QED) is 0.783. The maximum Gasteiger partial charge on any atom is 0.242 e. The topological polar surface area (TPSA) is 90.3 Å². The normalized spacial score (nSPS) is 17.3. The first-order chi connectivity index (χ1) is 12.4. The largest absolute Gasteiger partial charge is 0.337 e. The number of likely N-dealkylation sites (tertiary alicyclic amines) is 1. The molecule has 1 heterocycles. The number of amides is 1. The zero-order valence-corrected chi connectivity index (χ0v) is 16.1. The molecule has 1 aliphatic rings. The van der Waals surface area contributed by atoms with Crippen LogP contribution in [0, 0.1) is 11.3 Å². The molecule has 1 N–H and O–H groups in total. The van der Waals surface area contributed by atoms with Gasteiger partial charge in [-0.1, -0.05) is 36.4 Å². The molecule has 0 aromatic heterocycles. The summed E-state index contributed by atoms with van der Waals surface area (Å²) in [6.07, 6.45) is 0.390. The highest BCUT2D eigenvalue weighted by molar-refractivity contribution is 9.10. The van der Waals surface area contributed by atoms with E-state index in [2.05, 4.69) is 20.7 Å². The molecule has 8 heteroatoms. The van der Waals surface area contributed by atoms with Crippen molar-refractivity contribution < 1.29 is 13.2 Å². The van der Waals surface area contributed by atoms with Crippen molar-refractivity contribution >= 4 is 31.9 Å². The predicted octanol–water partition coefficient (Wildman–Crippen LogP) is 2.40. The third-order valence-corrected chi connectivity index (χ3v) is 6.36. The number of rotatable bonds is 5. The Morgan fingerprint density at radius 2 is 1.92 bits per heavy atom. The molecule has 1 aliphatic heterocycles. The van der Waals surface area contributed by atoms with Gasteiger partial charge < -0.3 is 4.90 Å². The number of nitriles is 1. The van der Waals surface area contributed by atoms with Crippen molar-refractivity contribution in [2.45, 2.75) is 23.9 Å². The lowest BCUT2D eigenvalue weighted by Crippen LogP contribution is -2.41. The molecule has 2 aromatic carbocycles. The Morgan fingerprint density at radius 1 is 1.19 bits per heavy atom. The van der Waals surface area contributed by atoms with E-state index in [1.54, 1.807) is 11.0 Å². The molecule has 2 aromatic rings. The smallest absolute Gasteiger partial charge is 0.242 e. The minimum atomic E-state index is -3.99. The van der Waals surface area contributed by atoms with E-state index in [0.717, 1.165) is 5.56 Å². The van der Waals surface area contributed by atoms with Crippen LogP contribution < -0.4 is 4.72 Å². The monoisotopic (exact) mass is 433 g/mol. The Balaban J connectivity index is 1.76. The number of carbonyl (C=O) groups is 1. The maximum absolute atomic E-state index is 12.7. The van der Waals surface area contributed by atoms with Gasteiger partial charge in [0, 0.05) is 17.6 Å². The third kappa shape index (κ3) is 3.80. The molecule has 1 unspecified atom stereocenters. The fourth-order valence-corrected chi connectivity index (χ4v) is 4.88. The number of halogens is 1. The zero-order chi connectivity index (χ0) is 18.7. The number of carbonyl (C=O) groups excluding carboxylic acids is 1. The lowest BCUT2D eigenvalue weighted by atomic mass is 10.2. The molecular formula is C18H16BrN3O3S. The molecule has 1 saturated heterocycles. The fourth-order valence-electron chi connectivity index (χ4n) is 2.90. The van der Waals surface area contributed by atoms with E-state index in [9.17, 15) is 18.5 Å². The van der Waals surface area contributed by atoms with Crippen molar-refractivity contribution in [3.05, 3.63) is 64.1 Å². The zero-order valence-electron chi connectivity index (χ0n) is 13.7. The number of nitrogens with one attached hydrogen (secondary N) is 1. The van der Waals surface area contributed by atoms with Gasteiger partial charge in [0.05, 0.1) is 5.56 Å². The van der Waals surface area contributed by atoms with Gasteiger partial charge >= 0.3 is 0 Å². The first-order valence-electron chi connectivity index (χ1n) is 7.96. The summed E-state index contributed by atoms with van der Waals surface area (Å²) in [6.45, 7) is 0.919. The Labute approximate surface area is 160 Å². The van der Waals surface area contributed by atoms with Crippen LogP contribution in [-0.4, -0.2) is 31.8 Å². The predicted molar refractivity (Wildman–Crippen MR) is 99.4 cm³/mol. The minimum absolute atomic E-state index is 0.0200. The van der Waals surface area contributed by atoms with Gasteiger partial charge in [-0.25, -0.2) is 8.42 Å². The third-order valence-electron chi connectivity index (χ3n) is 4.19. The maximum atomic E-state index is 12.7. The highest BCUT2D eigenvalue weighted by Gasteiger charge is 2.35. The molecule has 134 valence electrons. The van der Waals surface area contributed by atoms with E-state index >= 15 is 0 Å². The second kappa shape index (κ2) is 7.58. The van der Waals surface area contributed by atoms with Crippen LogP contribution >= 0.6 is 15.9 Å². The van der Waals surface area contributed by atoms with E-state index < -0.39 is 16.1 Å². The Morgan fingerprint density at radius 3 is 2.62 bits per heavy atom. The van der Waals surface area contributed by atoms with Gasteiger partial charge in [0.15, 0.2) is 0 Å². The summed E-state index contributed by atoms with van der Waals surface area (Å²) in [7, 11) is -3.99. The van der Waals surface area contributed by atoms with E-state index in [1.165, 1.54) is 12.1 Å². The van der Waals surface area contributed by atoms with Gasteiger partial charge in [0.25, 0.3) is 0 Å². The summed E-state index contributed by atoms with van der Waals surface area (Å²) >= 11 is 3.18. The molecule has 3 rings (SSSR count). The Bertz CT molecular complexity index is 971. The number of benzene rings is 2. The number of hydrogen-bond donors (Lipinski definition) is 1. The van der Waals surface area contributed by atoms with Crippen molar-refractivity contribution in [2.75, 3.05) is 6.54 Å². The molecule has 0 saturated carbocycles. The van der Waals surface area contributed by atoms with Crippen molar-refractivity contribution in [3.8, 4) is 6.07 Å². The van der Waals surface area contributed by atoms with Crippen LogP contribution in [0.15, 0.2) is 57.9 Å². The van der Waals surface area contributed by atoms with Crippen LogP contribution in [0.25, 0.3) is 0 Å². The summed E-state index contributed by atoms with van der Waals surface area (Å²) in [5.41, 5.74) is 1.01. The van der Waals surface area contributed by atoms with Gasteiger partial charge in [-0.3, -0.25) is 4.79 Å². The fraction of sp³-hybridized carbons (Fsp3) is 0.222. The lowest BCUT2D eigenvalue weighted by Gasteiger charge is -2.17. The number of nitrogens with zero attached hydrogens (tertiary/aromatic N) is 2. The van der Waals surface area contributed by atoms with E-state index in [0.29, 0.717) is 24.0 Å². The van der Waals surface area contributed by atoms with Crippen LogP contribution in [-0.2, 0) is 21.4 Å². The van der Waals surface area contributed by atoms with Gasteiger partial charge in [0.2, 0.25) is 15.9 Å². The molecule has 1 amide bonds. The second-order valence-corrected chi connectivity index (χ2v) is 8.47. The van der Waals surface area contributed by atoms with Crippen molar-refractivity contribution in [1.82, 2.24) is 9.62 Å². The Hall–Kier alpha value is -2.21. The van der Waals surface area contributed by atoms with Crippen LogP contribution in [0.5, 0.6) is 0 Å². The SMILES string of the molecule is N#Cc1c(Br)cccc1S(=O)(=O)NC1CCN(Cc2ccccc2)C1=O. The minimum Gasteiger partial charge on any atom is -0.337 e. The first-order valence-corrected chi connectivity index (χ1v) is 10.2. The van der Waals surface area contributed by atoms with Crippen molar-refractivity contribution in [2.24, 2.45) is 0 Å². The van der Waals surface area contributed by atoms with Crippen LogP contribution in [0.2, 0.25) is 0 Å². The number of hydrogen-bond acceptors (Lipinski definition) is 4. The molecular weight excluding hydrogens is 418 g/mol. The van der Waals surface area contributed by atoms with Gasteiger partial charge in [-0.15, -0.1) is 0 Å². The molecule has 6 nitrogen and oxygen atoms in total. The van der Waals surface area contributed by atoms with Crippen LogP contribution in [0.1, 0.15) is 17.5 Å². The van der Waals surface area contributed by atoms with Crippen molar-refractivity contribution in [3.63, 3.8) is 0 Å². The average molecular weight is 434 g/mol. The molecule has 0 aliphatic carbocycles. The van der Waals surface area contributed by atoms with E-state index in [4.69, 9.17) is 0 Å². The highest BCUT2D eigenvalue weighted by Crippen LogP contribution is 2.25. The van der Waals surface area contributed by atoms with Gasteiger partial charge in [-0.05, 0) is 40.0 Å². The molecule has 26 heavy (non-hydrogen) atoms. The van der Waals surface area contributed by atoms with Crippen molar-refractivity contribution in [1.29, 1.82) is 5.26 Å². The molecule has 0 spiro atoms. The second-order valence-electron chi connectivity index (χ2n) is 5.93. The Kier molecular flexibility index (Phi) is 5.41. The summed E-state index contributed by atoms with van der Waals surface area (Å²) in [5.74, 6) is -0.258. The lowest BCUT2D eigenvalue weighted by molar-refractivity contribution is -0.129. The van der Waals surface area contributed by atoms with Gasteiger partial charge in [0.1, 0.15) is 17.0 Å².